The topological polar surface area (TPSA) is 72.5 Å². The molecule has 0 bridgehead atoms. The van der Waals surface area contributed by atoms with Crippen molar-refractivity contribution in [3.8, 4) is 5.75 Å². The standard InChI is InChI=1S/C12H12Br2ClNO4S/c13-9-5-8(21(15,18)19)6-10(14)12(9)20-4-3-11(17)16-7-1-2-7/h5-7H,1-4H2,(H,16,17). The number of halogens is 3. The Morgan fingerprint density at radius 1 is 1.33 bits per heavy atom. The van der Waals surface area contributed by atoms with E-state index in [9.17, 15) is 13.2 Å². The summed E-state index contributed by atoms with van der Waals surface area (Å²) in [6.45, 7) is 0.197. The van der Waals surface area contributed by atoms with Gasteiger partial charge in [-0.05, 0) is 56.8 Å². The third kappa shape index (κ3) is 5.12. The summed E-state index contributed by atoms with van der Waals surface area (Å²) in [6, 6.07) is 3.03. The molecule has 0 heterocycles. The first-order chi connectivity index (χ1) is 9.77. The molecule has 1 N–H and O–H groups in total. The molecule has 1 fully saturated rings. The van der Waals surface area contributed by atoms with E-state index in [4.69, 9.17) is 15.4 Å². The lowest BCUT2D eigenvalue weighted by Gasteiger charge is -2.11. The van der Waals surface area contributed by atoms with Crippen LogP contribution in [-0.4, -0.2) is 27.0 Å². The Balaban J connectivity index is 1.98. The number of carbonyl (C=O) groups excluding carboxylic acids is 1. The number of rotatable bonds is 6. The fourth-order valence-corrected chi connectivity index (χ4v) is 4.09. The van der Waals surface area contributed by atoms with Crippen molar-refractivity contribution in [2.75, 3.05) is 6.61 Å². The summed E-state index contributed by atoms with van der Waals surface area (Å²) in [5, 5.41) is 2.86. The number of nitrogens with one attached hydrogen (secondary N) is 1. The van der Waals surface area contributed by atoms with Crippen LogP contribution in [0.5, 0.6) is 5.75 Å². The highest BCUT2D eigenvalue weighted by Gasteiger charge is 2.23. The molecule has 1 aromatic rings. The van der Waals surface area contributed by atoms with Gasteiger partial charge in [-0.3, -0.25) is 4.79 Å². The highest BCUT2D eigenvalue weighted by Crippen LogP contribution is 2.36. The van der Waals surface area contributed by atoms with Gasteiger partial charge in [0.05, 0.1) is 26.9 Å². The average Bonchev–Trinajstić information content (AvgIpc) is 3.15. The molecular weight excluding hydrogens is 449 g/mol. The van der Waals surface area contributed by atoms with Crippen LogP contribution >= 0.6 is 42.5 Å². The molecule has 116 valence electrons. The molecule has 9 heteroatoms. The van der Waals surface area contributed by atoms with Crippen molar-refractivity contribution < 1.29 is 17.9 Å². The number of hydrogen-bond donors (Lipinski definition) is 1. The van der Waals surface area contributed by atoms with Crippen LogP contribution in [0.1, 0.15) is 19.3 Å². The number of amides is 1. The molecular formula is C12H12Br2ClNO4S. The monoisotopic (exact) mass is 459 g/mol. The number of carbonyl (C=O) groups is 1. The molecule has 21 heavy (non-hydrogen) atoms. The number of ether oxygens (including phenoxy) is 1. The second kappa shape index (κ2) is 6.85. The third-order valence-electron chi connectivity index (χ3n) is 2.77. The van der Waals surface area contributed by atoms with Gasteiger partial charge in [0.15, 0.2) is 0 Å². The first-order valence-corrected chi connectivity index (χ1v) is 10.0. The van der Waals surface area contributed by atoms with Crippen molar-refractivity contribution in [3.05, 3.63) is 21.1 Å². The smallest absolute Gasteiger partial charge is 0.261 e. The molecule has 1 aliphatic rings. The van der Waals surface area contributed by atoms with E-state index in [1.54, 1.807) is 0 Å². The summed E-state index contributed by atoms with van der Waals surface area (Å²) in [7, 11) is 1.48. The summed E-state index contributed by atoms with van der Waals surface area (Å²) < 4.78 is 29.0. The molecule has 1 saturated carbocycles. The van der Waals surface area contributed by atoms with E-state index in [1.165, 1.54) is 12.1 Å². The van der Waals surface area contributed by atoms with Gasteiger partial charge in [0.25, 0.3) is 9.05 Å². The summed E-state index contributed by atoms with van der Waals surface area (Å²) in [5.74, 6) is 0.378. The van der Waals surface area contributed by atoms with Gasteiger partial charge < -0.3 is 10.1 Å². The zero-order valence-corrected chi connectivity index (χ0v) is 15.5. The molecule has 1 aromatic carbocycles. The van der Waals surface area contributed by atoms with Gasteiger partial charge in [-0.1, -0.05) is 0 Å². The largest absolute Gasteiger partial charge is 0.491 e. The quantitative estimate of drug-likeness (QED) is 0.661. The molecule has 1 aliphatic carbocycles. The van der Waals surface area contributed by atoms with E-state index in [0.717, 1.165) is 12.8 Å². The Hall–Kier alpha value is -0.310. The van der Waals surface area contributed by atoms with Crippen LogP contribution in [-0.2, 0) is 13.8 Å². The number of benzene rings is 1. The van der Waals surface area contributed by atoms with Crippen molar-refractivity contribution >= 4 is 57.5 Å². The molecule has 1 amide bonds. The van der Waals surface area contributed by atoms with Crippen molar-refractivity contribution in [1.29, 1.82) is 0 Å². The maximum atomic E-state index is 11.5. The van der Waals surface area contributed by atoms with Crippen LogP contribution in [0, 0.1) is 0 Å². The highest BCUT2D eigenvalue weighted by atomic mass is 79.9. The minimum Gasteiger partial charge on any atom is -0.491 e. The van der Waals surface area contributed by atoms with Crippen molar-refractivity contribution in [1.82, 2.24) is 5.32 Å². The van der Waals surface area contributed by atoms with Crippen molar-refractivity contribution in [2.45, 2.75) is 30.2 Å². The number of hydrogen-bond acceptors (Lipinski definition) is 4. The molecule has 5 nitrogen and oxygen atoms in total. The molecule has 0 aromatic heterocycles. The van der Waals surface area contributed by atoms with Gasteiger partial charge >= 0.3 is 0 Å². The zero-order valence-electron chi connectivity index (χ0n) is 10.7. The Bertz CT molecular complexity index is 638. The van der Waals surface area contributed by atoms with E-state index in [1.807, 2.05) is 0 Å². The van der Waals surface area contributed by atoms with E-state index in [0.29, 0.717) is 20.7 Å². The Kier molecular flexibility index (Phi) is 5.56. The summed E-state index contributed by atoms with van der Waals surface area (Å²) in [5.41, 5.74) is 0. The van der Waals surface area contributed by atoms with Gasteiger partial charge in [0, 0.05) is 16.7 Å². The lowest BCUT2D eigenvalue weighted by atomic mass is 10.3. The fraction of sp³-hybridized carbons (Fsp3) is 0.417. The summed E-state index contributed by atoms with van der Waals surface area (Å²) >= 11 is 6.46. The van der Waals surface area contributed by atoms with E-state index in [-0.39, 0.29) is 23.8 Å². The maximum Gasteiger partial charge on any atom is 0.261 e. The molecule has 0 aliphatic heterocycles. The van der Waals surface area contributed by atoms with Crippen LogP contribution in [0.25, 0.3) is 0 Å². The Labute approximate surface area is 144 Å². The molecule has 0 saturated heterocycles. The average molecular weight is 462 g/mol. The van der Waals surface area contributed by atoms with Crippen molar-refractivity contribution in [2.24, 2.45) is 0 Å². The summed E-state index contributed by atoms with van der Waals surface area (Å²) in [4.78, 5) is 11.5. The maximum absolute atomic E-state index is 11.5. The first kappa shape index (κ1) is 17.1. The summed E-state index contributed by atoms with van der Waals surface area (Å²) in [6.07, 6.45) is 2.32. The van der Waals surface area contributed by atoms with Crippen LogP contribution in [0.15, 0.2) is 26.0 Å². The van der Waals surface area contributed by atoms with Crippen LogP contribution in [0.4, 0.5) is 0 Å². The molecule has 2 rings (SSSR count). The first-order valence-electron chi connectivity index (χ1n) is 6.13. The second-order valence-electron chi connectivity index (χ2n) is 4.59. The van der Waals surface area contributed by atoms with Gasteiger partial charge in [0.2, 0.25) is 5.91 Å². The van der Waals surface area contributed by atoms with Crippen LogP contribution < -0.4 is 10.1 Å². The van der Waals surface area contributed by atoms with E-state index < -0.39 is 9.05 Å². The Morgan fingerprint density at radius 2 is 1.90 bits per heavy atom. The minimum atomic E-state index is -3.81. The van der Waals surface area contributed by atoms with Gasteiger partial charge in [-0.2, -0.15) is 0 Å². The van der Waals surface area contributed by atoms with Crippen LogP contribution in [0.3, 0.4) is 0 Å². The van der Waals surface area contributed by atoms with Gasteiger partial charge in [-0.25, -0.2) is 8.42 Å². The van der Waals surface area contributed by atoms with Gasteiger partial charge in [0.1, 0.15) is 5.75 Å². The fourth-order valence-electron chi connectivity index (χ4n) is 1.59. The lowest BCUT2D eigenvalue weighted by molar-refractivity contribution is -0.121. The van der Waals surface area contributed by atoms with Crippen molar-refractivity contribution in [3.63, 3.8) is 0 Å². The second-order valence-corrected chi connectivity index (χ2v) is 8.87. The molecule has 0 atom stereocenters. The lowest BCUT2D eigenvalue weighted by Crippen LogP contribution is -2.26. The normalized spacial score (nSPS) is 14.8. The third-order valence-corrected chi connectivity index (χ3v) is 5.28. The highest BCUT2D eigenvalue weighted by molar-refractivity contribution is 9.11. The van der Waals surface area contributed by atoms with E-state index in [2.05, 4.69) is 37.2 Å². The predicted octanol–water partition coefficient (Wildman–Crippen LogP) is 3.19. The van der Waals surface area contributed by atoms with Crippen LogP contribution in [0.2, 0.25) is 0 Å². The SMILES string of the molecule is O=C(CCOc1c(Br)cc(S(=O)(=O)Cl)cc1Br)NC1CC1. The minimum absolute atomic E-state index is 0.0401. The predicted molar refractivity (Wildman–Crippen MR) is 86.2 cm³/mol. The molecule has 0 unspecified atom stereocenters. The zero-order chi connectivity index (χ0) is 15.6. The van der Waals surface area contributed by atoms with Gasteiger partial charge in [-0.15, -0.1) is 0 Å². The Morgan fingerprint density at radius 3 is 2.38 bits per heavy atom. The van der Waals surface area contributed by atoms with E-state index >= 15 is 0 Å². The molecule has 0 radical (unpaired) electrons. The molecule has 0 spiro atoms.